The SMILES string of the molecule is CN(C)CCCCS(=O)(=O)NCCc1nc(C(C)(C)C)cs1. The van der Waals surface area contributed by atoms with E-state index in [1.54, 1.807) is 11.3 Å². The number of thiazole rings is 1. The van der Waals surface area contributed by atoms with Gasteiger partial charge in [0.1, 0.15) is 0 Å². The zero-order chi connectivity index (χ0) is 16.8. The fourth-order valence-electron chi connectivity index (χ4n) is 1.88. The Labute approximate surface area is 139 Å². The molecular formula is C15H29N3O2S2. The van der Waals surface area contributed by atoms with Gasteiger partial charge in [-0.3, -0.25) is 0 Å². The van der Waals surface area contributed by atoms with Gasteiger partial charge in [0.05, 0.1) is 16.5 Å². The molecule has 1 rings (SSSR count). The molecule has 1 N–H and O–H groups in total. The van der Waals surface area contributed by atoms with Crippen molar-refractivity contribution in [2.45, 2.75) is 45.4 Å². The minimum absolute atomic E-state index is 0.0424. The molecular weight excluding hydrogens is 318 g/mol. The van der Waals surface area contributed by atoms with Crippen molar-refractivity contribution in [3.05, 3.63) is 16.1 Å². The highest BCUT2D eigenvalue weighted by atomic mass is 32.2. The topological polar surface area (TPSA) is 62.3 Å². The molecule has 0 saturated carbocycles. The molecule has 0 radical (unpaired) electrons. The molecule has 0 aliphatic rings. The Morgan fingerprint density at radius 3 is 2.50 bits per heavy atom. The van der Waals surface area contributed by atoms with Crippen LogP contribution in [0.15, 0.2) is 5.38 Å². The average molecular weight is 348 g/mol. The number of nitrogens with one attached hydrogen (secondary N) is 1. The number of hydrogen-bond donors (Lipinski definition) is 1. The first-order valence-electron chi connectivity index (χ1n) is 7.67. The standard InChI is InChI=1S/C15H29N3O2S2/c1-15(2,3)13-12-21-14(17-13)8-9-16-22(19,20)11-7-6-10-18(4)5/h12,16H,6-11H2,1-5H3. The molecule has 1 aromatic rings. The van der Waals surface area contributed by atoms with Crippen LogP contribution in [0.2, 0.25) is 0 Å². The summed E-state index contributed by atoms with van der Waals surface area (Å²) in [5, 5.41) is 3.05. The van der Waals surface area contributed by atoms with Gasteiger partial charge in [0.2, 0.25) is 10.0 Å². The van der Waals surface area contributed by atoms with Crippen LogP contribution in [0, 0.1) is 0 Å². The van der Waals surface area contributed by atoms with Gasteiger partial charge in [0, 0.05) is 23.8 Å². The minimum atomic E-state index is -3.16. The quantitative estimate of drug-likeness (QED) is 0.696. The first-order chi connectivity index (χ1) is 10.1. The average Bonchev–Trinajstić information content (AvgIpc) is 2.83. The fraction of sp³-hybridized carbons (Fsp3) is 0.800. The number of unbranched alkanes of at least 4 members (excludes halogenated alkanes) is 1. The first kappa shape index (κ1) is 19.5. The van der Waals surface area contributed by atoms with E-state index in [2.05, 4.69) is 40.8 Å². The Kier molecular flexibility index (Phi) is 7.45. The first-order valence-corrected chi connectivity index (χ1v) is 10.2. The fourth-order valence-corrected chi connectivity index (χ4v) is 4.04. The summed E-state index contributed by atoms with van der Waals surface area (Å²) in [5.41, 5.74) is 1.11. The summed E-state index contributed by atoms with van der Waals surface area (Å²) in [7, 11) is 0.822. The van der Waals surface area contributed by atoms with E-state index in [-0.39, 0.29) is 11.2 Å². The van der Waals surface area contributed by atoms with Crippen molar-refractivity contribution in [1.82, 2.24) is 14.6 Å². The number of rotatable bonds is 9. The Morgan fingerprint density at radius 1 is 1.27 bits per heavy atom. The van der Waals surface area contributed by atoms with Crippen LogP contribution in [0.4, 0.5) is 0 Å². The molecule has 7 heteroatoms. The molecule has 0 atom stereocenters. The lowest BCUT2D eigenvalue weighted by atomic mass is 9.93. The summed E-state index contributed by atoms with van der Waals surface area (Å²) >= 11 is 1.60. The molecule has 0 aliphatic carbocycles. The van der Waals surface area contributed by atoms with Crippen molar-refractivity contribution in [3.63, 3.8) is 0 Å². The normalized spacial score (nSPS) is 13.0. The summed E-state index contributed by atoms with van der Waals surface area (Å²) < 4.78 is 26.4. The lowest BCUT2D eigenvalue weighted by Gasteiger charge is -2.14. The molecule has 1 aromatic heterocycles. The number of sulfonamides is 1. The lowest BCUT2D eigenvalue weighted by molar-refractivity contribution is 0.398. The smallest absolute Gasteiger partial charge is 0.211 e. The molecule has 0 amide bonds. The number of nitrogens with zero attached hydrogens (tertiary/aromatic N) is 2. The van der Waals surface area contributed by atoms with E-state index in [4.69, 9.17) is 0 Å². The number of hydrogen-bond acceptors (Lipinski definition) is 5. The maximum atomic E-state index is 11.9. The third kappa shape index (κ3) is 7.67. The monoisotopic (exact) mass is 347 g/mol. The molecule has 0 aliphatic heterocycles. The maximum Gasteiger partial charge on any atom is 0.211 e. The summed E-state index contributed by atoms with van der Waals surface area (Å²) in [5.74, 6) is 0.200. The van der Waals surface area contributed by atoms with Crippen molar-refractivity contribution in [2.75, 3.05) is 32.9 Å². The van der Waals surface area contributed by atoms with Crippen molar-refractivity contribution >= 4 is 21.4 Å². The molecule has 22 heavy (non-hydrogen) atoms. The highest BCUT2D eigenvalue weighted by Gasteiger charge is 2.17. The van der Waals surface area contributed by atoms with Gasteiger partial charge in [0.15, 0.2) is 0 Å². The van der Waals surface area contributed by atoms with Gasteiger partial charge in [-0.05, 0) is 33.5 Å². The largest absolute Gasteiger partial charge is 0.309 e. The van der Waals surface area contributed by atoms with Gasteiger partial charge in [-0.25, -0.2) is 18.1 Å². The van der Waals surface area contributed by atoms with Crippen LogP contribution in [0.3, 0.4) is 0 Å². The highest BCUT2D eigenvalue weighted by molar-refractivity contribution is 7.89. The second kappa shape index (κ2) is 8.38. The predicted octanol–water partition coefficient (Wildman–Crippen LogP) is 2.24. The molecule has 0 saturated heterocycles. The van der Waals surface area contributed by atoms with Gasteiger partial charge < -0.3 is 4.90 Å². The molecule has 0 unspecified atom stereocenters. The van der Waals surface area contributed by atoms with E-state index in [1.165, 1.54) is 0 Å². The molecule has 1 heterocycles. The van der Waals surface area contributed by atoms with Crippen LogP contribution in [-0.2, 0) is 21.9 Å². The Morgan fingerprint density at radius 2 is 1.95 bits per heavy atom. The van der Waals surface area contributed by atoms with E-state index in [0.717, 1.165) is 23.7 Å². The zero-order valence-corrected chi connectivity index (χ0v) is 16.0. The van der Waals surface area contributed by atoms with E-state index in [0.29, 0.717) is 19.4 Å². The van der Waals surface area contributed by atoms with Gasteiger partial charge in [0.25, 0.3) is 0 Å². The second-order valence-electron chi connectivity index (χ2n) is 6.85. The molecule has 0 aromatic carbocycles. The highest BCUT2D eigenvalue weighted by Crippen LogP contribution is 2.23. The van der Waals surface area contributed by atoms with Crippen LogP contribution >= 0.6 is 11.3 Å². The summed E-state index contributed by atoms with van der Waals surface area (Å²) in [6.45, 7) is 7.73. The predicted molar refractivity (Wildman–Crippen MR) is 94.1 cm³/mol. The zero-order valence-electron chi connectivity index (χ0n) is 14.3. The van der Waals surface area contributed by atoms with Crippen LogP contribution in [0.1, 0.15) is 44.3 Å². The molecule has 0 fully saturated rings. The van der Waals surface area contributed by atoms with Gasteiger partial charge in [-0.2, -0.15) is 0 Å². The third-order valence-electron chi connectivity index (χ3n) is 3.25. The van der Waals surface area contributed by atoms with Crippen LogP contribution < -0.4 is 4.72 Å². The van der Waals surface area contributed by atoms with Crippen molar-refractivity contribution in [2.24, 2.45) is 0 Å². The maximum absolute atomic E-state index is 11.9. The molecule has 0 spiro atoms. The van der Waals surface area contributed by atoms with Gasteiger partial charge in [-0.1, -0.05) is 20.8 Å². The summed E-state index contributed by atoms with van der Waals surface area (Å²) in [4.78, 5) is 6.64. The third-order valence-corrected chi connectivity index (χ3v) is 5.63. The summed E-state index contributed by atoms with van der Waals surface area (Å²) in [6.07, 6.45) is 2.24. The van der Waals surface area contributed by atoms with Crippen LogP contribution in [-0.4, -0.2) is 51.2 Å². The second-order valence-corrected chi connectivity index (χ2v) is 9.72. The van der Waals surface area contributed by atoms with E-state index >= 15 is 0 Å². The van der Waals surface area contributed by atoms with E-state index in [9.17, 15) is 8.42 Å². The van der Waals surface area contributed by atoms with Crippen molar-refractivity contribution in [3.8, 4) is 0 Å². The molecule has 0 bridgehead atoms. The Hall–Kier alpha value is -0.500. The number of aromatic nitrogens is 1. The van der Waals surface area contributed by atoms with Gasteiger partial charge in [-0.15, -0.1) is 11.3 Å². The van der Waals surface area contributed by atoms with Crippen LogP contribution in [0.25, 0.3) is 0 Å². The molecule has 128 valence electrons. The van der Waals surface area contributed by atoms with Gasteiger partial charge >= 0.3 is 0 Å². The minimum Gasteiger partial charge on any atom is -0.309 e. The lowest BCUT2D eigenvalue weighted by Crippen LogP contribution is -2.28. The summed E-state index contributed by atoms with van der Waals surface area (Å²) in [6, 6.07) is 0. The van der Waals surface area contributed by atoms with Crippen LogP contribution in [0.5, 0.6) is 0 Å². The Balaban J connectivity index is 2.32. The van der Waals surface area contributed by atoms with Crippen molar-refractivity contribution < 1.29 is 8.42 Å². The Bertz CT molecular complexity index is 545. The van der Waals surface area contributed by atoms with E-state index < -0.39 is 10.0 Å². The van der Waals surface area contributed by atoms with E-state index in [1.807, 2.05) is 14.1 Å². The molecule has 5 nitrogen and oxygen atoms in total. The van der Waals surface area contributed by atoms with Crippen molar-refractivity contribution in [1.29, 1.82) is 0 Å².